The summed E-state index contributed by atoms with van der Waals surface area (Å²) in [5.41, 5.74) is 1.97. The molecule has 1 heterocycles. The first-order chi connectivity index (χ1) is 9.72. The van der Waals surface area contributed by atoms with E-state index in [0.717, 1.165) is 29.6 Å². The molecule has 0 atom stereocenters. The topological polar surface area (TPSA) is 48.3 Å². The number of ether oxygens (including phenoxy) is 2. The standard InChI is InChI=1S/C15H21N3O2/c1-4-20-14-7-5-13(6-8-14)17-15-16-12(2)11-18(15)9-10-19-3/h5-8,11H,4,9-10H2,1-3H3,(H,16,17). The molecular formula is C15H21N3O2. The van der Waals surface area contributed by atoms with Crippen molar-refractivity contribution < 1.29 is 9.47 Å². The van der Waals surface area contributed by atoms with Crippen LogP contribution in [0.1, 0.15) is 12.6 Å². The fraction of sp³-hybridized carbons (Fsp3) is 0.400. The number of benzene rings is 1. The average Bonchev–Trinajstić information content (AvgIpc) is 2.79. The Morgan fingerprint density at radius 2 is 2.00 bits per heavy atom. The molecule has 0 bridgehead atoms. The number of aromatic nitrogens is 2. The summed E-state index contributed by atoms with van der Waals surface area (Å²) in [7, 11) is 1.70. The largest absolute Gasteiger partial charge is 0.494 e. The third-order valence-corrected chi connectivity index (χ3v) is 2.85. The van der Waals surface area contributed by atoms with Gasteiger partial charge in [0.05, 0.1) is 18.9 Å². The van der Waals surface area contributed by atoms with E-state index in [-0.39, 0.29) is 0 Å². The summed E-state index contributed by atoms with van der Waals surface area (Å²) in [5.74, 6) is 1.70. The highest BCUT2D eigenvalue weighted by Gasteiger charge is 2.06. The summed E-state index contributed by atoms with van der Waals surface area (Å²) in [6.45, 7) is 6.06. The van der Waals surface area contributed by atoms with Gasteiger partial charge in [0.1, 0.15) is 5.75 Å². The second kappa shape index (κ2) is 6.96. The fourth-order valence-electron chi connectivity index (χ4n) is 1.94. The zero-order valence-corrected chi connectivity index (χ0v) is 12.2. The van der Waals surface area contributed by atoms with E-state index in [1.807, 2.05) is 44.3 Å². The lowest BCUT2D eigenvalue weighted by molar-refractivity contribution is 0.188. The molecule has 1 aromatic carbocycles. The second-order valence-corrected chi connectivity index (χ2v) is 4.47. The van der Waals surface area contributed by atoms with Gasteiger partial charge in [-0.2, -0.15) is 0 Å². The number of nitrogens with zero attached hydrogens (tertiary/aromatic N) is 2. The molecule has 0 aliphatic rings. The highest BCUT2D eigenvalue weighted by molar-refractivity contribution is 5.55. The Bertz CT molecular complexity index is 535. The van der Waals surface area contributed by atoms with E-state index in [1.165, 1.54) is 0 Å². The van der Waals surface area contributed by atoms with Gasteiger partial charge in [-0.25, -0.2) is 4.98 Å². The Morgan fingerprint density at radius 3 is 2.65 bits per heavy atom. The molecule has 5 heteroatoms. The van der Waals surface area contributed by atoms with Crippen LogP contribution < -0.4 is 10.1 Å². The van der Waals surface area contributed by atoms with E-state index in [2.05, 4.69) is 14.9 Å². The molecule has 0 fully saturated rings. The highest BCUT2D eigenvalue weighted by atomic mass is 16.5. The Balaban J connectivity index is 2.08. The Labute approximate surface area is 119 Å². The van der Waals surface area contributed by atoms with Gasteiger partial charge in [0, 0.05) is 25.5 Å². The highest BCUT2D eigenvalue weighted by Crippen LogP contribution is 2.20. The zero-order valence-electron chi connectivity index (χ0n) is 12.2. The van der Waals surface area contributed by atoms with Gasteiger partial charge < -0.3 is 19.4 Å². The molecule has 2 rings (SSSR count). The van der Waals surface area contributed by atoms with Crippen LogP contribution in [0.3, 0.4) is 0 Å². The molecule has 0 saturated heterocycles. The van der Waals surface area contributed by atoms with E-state index < -0.39 is 0 Å². The maximum atomic E-state index is 5.43. The van der Waals surface area contributed by atoms with Crippen molar-refractivity contribution in [2.75, 3.05) is 25.6 Å². The van der Waals surface area contributed by atoms with Crippen molar-refractivity contribution in [3.63, 3.8) is 0 Å². The lowest BCUT2D eigenvalue weighted by Gasteiger charge is -2.10. The predicted molar refractivity (Wildman–Crippen MR) is 79.7 cm³/mol. The van der Waals surface area contributed by atoms with Crippen LogP contribution >= 0.6 is 0 Å². The van der Waals surface area contributed by atoms with Crippen LogP contribution in [-0.4, -0.2) is 29.9 Å². The Hall–Kier alpha value is -2.01. The molecule has 0 amide bonds. The molecule has 108 valence electrons. The minimum Gasteiger partial charge on any atom is -0.494 e. The van der Waals surface area contributed by atoms with Gasteiger partial charge in [-0.05, 0) is 38.1 Å². The number of aryl methyl sites for hydroxylation is 1. The van der Waals surface area contributed by atoms with E-state index >= 15 is 0 Å². The van der Waals surface area contributed by atoms with Crippen molar-refractivity contribution in [2.45, 2.75) is 20.4 Å². The molecular weight excluding hydrogens is 254 g/mol. The van der Waals surface area contributed by atoms with Crippen molar-refractivity contribution in [2.24, 2.45) is 0 Å². The van der Waals surface area contributed by atoms with Crippen LogP contribution in [0.5, 0.6) is 5.75 Å². The summed E-state index contributed by atoms with van der Waals surface area (Å²) in [6.07, 6.45) is 2.01. The summed E-state index contributed by atoms with van der Waals surface area (Å²) >= 11 is 0. The van der Waals surface area contributed by atoms with E-state index in [0.29, 0.717) is 13.2 Å². The third kappa shape index (κ3) is 3.74. The number of nitrogens with one attached hydrogen (secondary N) is 1. The molecule has 2 aromatic rings. The number of hydrogen-bond donors (Lipinski definition) is 1. The van der Waals surface area contributed by atoms with Crippen LogP contribution in [0.2, 0.25) is 0 Å². The maximum Gasteiger partial charge on any atom is 0.207 e. The van der Waals surface area contributed by atoms with Gasteiger partial charge in [0.15, 0.2) is 0 Å². The van der Waals surface area contributed by atoms with E-state index in [4.69, 9.17) is 9.47 Å². The zero-order chi connectivity index (χ0) is 14.4. The van der Waals surface area contributed by atoms with Gasteiger partial charge in [-0.3, -0.25) is 0 Å². The van der Waals surface area contributed by atoms with Crippen molar-refractivity contribution in [1.82, 2.24) is 9.55 Å². The van der Waals surface area contributed by atoms with Crippen molar-refractivity contribution in [3.8, 4) is 5.75 Å². The fourth-order valence-corrected chi connectivity index (χ4v) is 1.94. The molecule has 0 spiro atoms. The van der Waals surface area contributed by atoms with Gasteiger partial charge in [0.25, 0.3) is 0 Å². The van der Waals surface area contributed by atoms with Crippen LogP contribution in [0.25, 0.3) is 0 Å². The molecule has 0 saturated carbocycles. The van der Waals surface area contributed by atoms with Crippen molar-refractivity contribution in [3.05, 3.63) is 36.2 Å². The molecule has 20 heavy (non-hydrogen) atoms. The lowest BCUT2D eigenvalue weighted by atomic mass is 10.3. The Morgan fingerprint density at radius 1 is 1.25 bits per heavy atom. The van der Waals surface area contributed by atoms with Crippen LogP contribution in [0.15, 0.2) is 30.5 Å². The number of imidazole rings is 1. The number of methoxy groups -OCH3 is 1. The summed E-state index contributed by atoms with van der Waals surface area (Å²) in [6, 6.07) is 7.85. The predicted octanol–water partition coefficient (Wildman–Crippen LogP) is 2.98. The molecule has 1 aromatic heterocycles. The smallest absolute Gasteiger partial charge is 0.207 e. The number of hydrogen-bond acceptors (Lipinski definition) is 4. The quantitative estimate of drug-likeness (QED) is 0.844. The first-order valence-electron chi connectivity index (χ1n) is 6.75. The van der Waals surface area contributed by atoms with Gasteiger partial charge in [-0.15, -0.1) is 0 Å². The molecule has 5 nitrogen and oxygen atoms in total. The Kier molecular flexibility index (Phi) is 5.01. The number of anilines is 2. The minimum atomic E-state index is 0.660. The molecule has 1 N–H and O–H groups in total. The molecule has 0 unspecified atom stereocenters. The summed E-state index contributed by atoms with van der Waals surface area (Å²) in [5, 5.41) is 3.31. The molecule has 0 aliphatic carbocycles. The van der Waals surface area contributed by atoms with Crippen LogP contribution in [0.4, 0.5) is 11.6 Å². The van der Waals surface area contributed by atoms with E-state index in [9.17, 15) is 0 Å². The maximum absolute atomic E-state index is 5.43. The first-order valence-corrected chi connectivity index (χ1v) is 6.75. The molecule has 0 radical (unpaired) electrons. The third-order valence-electron chi connectivity index (χ3n) is 2.85. The normalized spacial score (nSPS) is 10.6. The average molecular weight is 275 g/mol. The van der Waals surface area contributed by atoms with Crippen LogP contribution in [-0.2, 0) is 11.3 Å². The minimum absolute atomic E-state index is 0.660. The summed E-state index contributed by atoms with van der Waals surface area (Å²) in [4.78, 5) is 4.48. The number of rotatable bonds is 7. The second-order valence-electron chi connectivity index (χ2n) is 4.47. The van der Waals surface area contributed by atoms with Crippen LogP contribution in [0, 0.1) is 6.92 Å². The van der Waals surface area contributed by atoms with Gasteiger partial charge in [-0.1, -0.05) is 0 Å². The van der Waals surface area contributed by atoms with E-state index in [1.54, 1.807) is 7.11 Å². The molecule has 0 aliphatic heterocycles. The van der Waals surface area contributed by atoms with Gasteiger partial charge >= 0.3 is 0 Å². The monoisotopic (exact) mass is 275 g/mol. The van der Waals surface area contributed by atoms with Crippen molar-refractivity contribution in [1.29, 1.82) is 0 Å². The lowest BCUT2D eigenvalue weighted by Crippen LogP contribution is -2.07. The SMILES string of the molecule is CCOc1ccc(Nc2nc(C)cn2CCOC)cc1. The van der Waals surface area contributed by atoms with Crippen molar-refractivity contribution >= 4 is 11.6 Å². The summed E-state index contributed by atoms with van der Waals surface area (Å²) < 4.78 is 12.6. The van der Waals surface area contributed by atoms with Gasteiger partial charge in [0.2, 0.25) is 5.95 Å². The first kappa shape index (κ1) is 14.4.